The topological polar surface area (TPSA) is 97.3 Å². The molecule has 174 valence electrons. The van der Waals surface area contributed by atoms with Gasteiger partial charge in [0.15, 0.2) is 6.79 Å². The molecule has 8 nitrogen and oxygen atoms in total. The Labute approximate surface area is 184 Å². The number of methoxy groups -OCH3 is 1. The average Bonchev–Trinajstić information content (AvgIpc) is 2.86. The maximum Gasteiger partial charge on any atom is 0.410 e. The number of aliphatic hydroxyl groups is 1. The van der Waals surface area contributed by atoms with Crippen molar-refractivity contribution >= 4 is 12.0 Å². The summed E-state index contributed by atoms with van der Waals surface area (Å²) in [4.78, 5) is 27.0. The first-order valence-electron chi connectivity index (χ1n) is 10.7. The average molecular weight is 437 g/mol. The number of benzene rings is 1. The number of hydrogen-bond donors (Lipinski definition) is 2. The molecule has 31 heavy (non-hydrogen) atoms. The van der Waals surface area contributed by atoms with Gasteiger partial charge in [0, 0.05) is 25.8 Å². The molecule has 2 atom stereocenters. The van der Waals surface area contributed by atoms with Gasteiger partial charge in [-0.05, 0) is 63.3 Å². The SMILES string of the molecule is COCOc1ccc(C(=O)N[C@@H]2CN(C(=O)OC(C)(C)C)CCC[C@H]2O)cc1C(C)C. The minimum absolute atomic E-state index is 0.125. The lowest BCUT2D eigenvalue weighted by molar-refractivity contribution is 0.0223. The number of aliphatic hydroxyl groups excluding tert-OH is 1. The molecule has 2 N–H and O–H groups in total. The van der Waals surface area contributed by atoms with E-state index in [9.17, 15) is 14.7 Å². The van der Waals surface area contributed by atoms with E-state index in [4.69, 9.17) is 14.2 Å². The van der Waals surface area contributed by atoms with Crippen LogP contribution in [-0.2, 0) is 9.47 Å². The number of nitrogens with zero attached hydrogens (tertiary/aromatic N) is 1. The summed E-state index contributed by atoms with van der Waals surface area (Å²) in [5.41, 5.74) is 0.746. The van der Waals surface area contributed by atoms with Crippen LogP contribution in [-0.4, -0.2) is 66.7 Å². The van der Waals surface area contributed by atoms with E-state index in [0.29, 0.717) is 30.7 Å². The first kappa shape index (κ1) is 24.9. The minimum Gasteiger partial charge on any atom is -0.467 e. The third-order valence-electron chi connectivity index (χ3n) is 5.00. The number of amides is 2. The van der Waals surface area contributed by atoms with Gasteiger partial charge in [-0.15, -0.1) is 0 Å². The Morgan fingerprint density at radius 1 is 1.29 bits per heavy atom. The minimum atomic E-state index is -0.745. The second-order valence-electron chi connectivity index (χ2n) is 9.17. The summed E-state index contributed by atoms with van der Waals surface area (Å²) in [6.45, 7) is 10.2. The van der Waals surface area contributed by atoms with E-state index in [0.717, 1.165) is 5.56 Å². The fourth-order valence-corrected chi connectivity index (χ4v) is 3.42. The molecule has 2 rings (SSSR count). The Hall–Kier alpha value is -2.32. The molecule has 1 aliphatic heterocycles. The zero-order valence-electron chi connectivity index (χ0n) is 19.4. The van der Waals surface area contributed by atoms with E-state index in [1.165, 1.54) is 0 Å². The molecule has 1 aliphatic rings. The van der Waals surface area contributed by atoms with Gasteiger partial charge >= 0.3 is 6.09 Å². The highest BCUT2D eigenvalue weighted by molar-refractivity contribution is 5.95. The number of hydrogen-bond acceptors (Lipinski definition) is 6. The molecule has 0 saturated carbocycles. The highest BCUT2D eigenvalue weighted by atomic mass is 16.7. The fraction of sp³-hybridized carbons (Fsp3) is 0.652. The van der Waals surface area contributed by atoms with Gasteiger partial charge in [-0.3, -0.25) is 4.79 Å². The van der Waals surface area contributed by atoms with Crippen LogP contribution in [0.4, 0.5) is 4.79 Å². The maximum atomic E-state index is 13.0. The van der Waals surface area contributed by atoms with E-state index in [1.807, 2.05) is 34.6 Å². The predicted octanol–water partition coefficient (Wildman–Crippen LogP) is 3.28. The van der Waals surface area contributed by atoms with Gasteiger partial charge in [0.1, 0.15) is 11.4 Å². The van der Waals surface area contributed by atoms with Crippen molar-refractivity contribution in [2.75, 3.05) is 27.0 Å². The Bertz CT molecular complexity index is 759. The van der Waals surface area contributed by atoms with E-state index < -0.39 is 23.8 Å². The normalized spacial score (nSPS) is 19.7. The van der Waals surface area contributed by atoms with Gasteiger partial charge in [-0.1, -0.05) is 13.8 Å². The quantitative estimate of drug-likeness (QED) is 0.664. The largest absolute Gasteiger partial charge is 0.467 e. The van der Waals surface area contributed by atoms with Crippen molar-refractivity contribution in [3.05, 3.63) is 29.3 Å². The molecule has 1 aromatic rings. The Kier molecular flexibility index (Phi) is 8.70. The molecule has 1 heterocycles. The molecule has 2 amide bonds. The van der Waals surface area contributed by atoms with Crippen LogP contribution >= 0.6 is 0 Å². The third-order valence-corrected chi connectivity index (χ3v) is 5.00. The molecule has 8 heteroatoms. The number of likely N-dealkylation sites (tertiary alicyclic amines) is 1. The van der Waals surface area contributed by atoms with Crippen molar-refractivity contribution in [1.29, 1.82) is 0 Å². The molecule has 0 unspecified atom stereocenters. The summed E-state index contributed by atoms with van der Waals surface area (Å²) >= 11 is 0. The second-order valence-corrected chi connectivity index (χ2v) is 9.17. The van der Waals surface area contributed by atoms with E-state index in [-0.39, 0.29) is 25.2 Å². The molecule has 0 bridgehead atoms. The van der Waals surface area contributed by atoms with Gasteiger partial charge in [0.05, 0.1) is 12.1 Å². The van der Waals surface area contributed by atoms with Crippen LogP contribution in [0.3, 0.4) is 0 Å². The monoisotopic (exact) mass is 436 g/mol. The lowest BCUT2D eigenvalue weighted by Crippen LogP contribution is -2.50. The van der Waals surface area contributed by atoms with Crippen LogP contribution < -0.4 is 10.1 Å². The van der Waals surface area contributed by atoms with Gasteiger partial charge < -0.3 is 29.5 Å². The lowest BCUT2D eigenvalue weighted by atomic mass is 9.99. The molecule has 0 aromatic heterocycles. The highest BCUT2D eigenvalue weighted by Gasteiger charge is 2.31. The summed E-state index contributed by atoms with van der Waals surface area (Å²) in [6, 6.07) is 4.63. The van der Waals surface area contributed by atoms with Crippen molar-refractivity contribution in [3.63, 3.8) is 0 Å². The number of carbonyl (C=O) groups excluding carboxylic acids is 2. The van der Waals surface area contributed by atoms with Crippen LogP contribution in [0.2, 0.25) is 0 Å². The standard InChI is InChI=1S/C23H36N2O6/c1-15(2)17-12-16(9-10-20(17)30-14-29-6)21(27)24-18-13-25(11-7-8-19(18)26)22(28)31-23(3,4)5/h9-10,12,15,18-19,26H,7-8,11,13-14H2,1-6H3,(H,24,27)/t18-,19-/m1/s1. The first-order chi connectivity index (χ1) is 14.5. The molecule has 0 spiro atoms. The number of carbonyl (C=O) groups is 2. The number of ether oxygens (including phenoxy) is 3. The fourth-order valence-electron chi connectivity index (χ4n) is 3.42. The second kappa shape index (κ2) is 10.8. The zero-order valence-corrected chi connectivity index (χ0v) is 19.4. The van der Waals surface area contributed by atoms with Crippen molar-refractivity contribution < 1.29 is 28.9 Å². The summed E-state index contributed by atoms with van der Waals surface area (Å²) in [7, 11) is 1.55. The highest BCUT2D eigenvalue weighted by Crippen LogP contribution is 2.28. The Morgan fingerprint density at radius 3 is 2.61 bits per heavy atom. The molecule has 0 aliphatic carbocycles. The molecular weight excluding hydrogens is 400 g/mol. The number of rotatable bonds is 6. The van der Waals surface area contributed by atoms with Crippen molar-refractivity contribution in [2.24, 2.45) is 0 Å². The molecular formula is C23H36N2O6. The molecule has 0 radical (unpaired) electrons. The van der Waals surface area contributed by atoms with Gasteiger partial charge in [0.25, 0.3) is 5.91 Å². The van der Waals surface area contributed by atoms with Crippen LogP contribution in [0, 0.1) is 0 Å². The van der Waals surface area contributed by atoms with Crippen LogP contribution in [0.15, 0.2) is 18.2 Å². The van der Waals surface area contributed by atoms with E-state index in [1.54, 1.807) is 30.2 Å². The summed E-state index contributed by atoms with van der Waals surface area (Å²) in [5.74, 6) is 0.500. The van der Waals surface area contributed by atoms with Crippen LogP contribution in [0.1, 0.15) is 69.3 Å². The van der Waals surface area contributed by atoms with Gasteiger partial charge in [-0.2, -0.15) is 0 Å². The van der Waals surface area contributed by atoms with Gasteiger partial charge in [0.2, 0.25) is 0 Å². The smallest absolute Gasteiger partial charge is 0.410 e. The molecule has 1 fully saturated rings. The molecule has 1 saturated heterocycles. The van der Waals surface area contributed by atoms with Crippen molar-refractivity contribution in [2.45, 2.75) is 71.1 Å². The van der Waals surface area contributed by atoms with E-state index >= 15 is 0 Å². The predicted molar refractivity (Wildman–Crippen MR) is 117 cm³/mol. The Balaban J connectivity index is 2.14. The lowest BCUT2D eigenvalue weighted by Gasteiger charge is -2.29. The molecule has 1 aromatic carbocycles. The van der Waals surface area contributed by atoms with Gasteiger partial charge in [-0.25, -0.2) is 4.79 Å². The van der Waals surface area contributed by atoms with Crippen LogP contribution in [0.5, 0.6) is 5.75 Å². The summed E-state index contributed by atoms with van der Waals surface area (Å²) < 4.78 is 16.0. The summed E-state index contributed by atoms with van der Waals surface area (Å²) in [5, 5.41) is 13.4. The van der Waals surface area contributed by atoms with Crippen molar-refractivity contribution in [3.8, 4) is 5.75 Å². The van der Waals surface area contributed by atoms with Crippen LogP contribution in [0.25, 0.3) is 0 Å². The summed E-state index contributed by atoms with van der Waals surface area (Å²) in [6.07, 6.45) is -0.0611. The maximum absolute atomic E-state index is 13.0. The van der Waals surface area contributed by atoms with Crippen molar-refractivity contribution in [1.82, 2.24) is 10.2 Å². The van der Waals surface area contributed by atoms with E-state index in [2.05, 4.69) is 5.32 Å². The number of nitrogens with one attached hydrogen (secondary N) is 1. The zero-order chi connectivity index (χ0) is 23.2. The Morgan fingerprint density at radius 2 is 2.00 bits per heavy atom. The third kappa shape index (κ3) is 7.40. The first-order valence-corrected chi connectivity index (χ1v) is 10.7.